The van der Waals surface area contributed by atoms with E-state index in [0.29, 0.717) is 5.92 Å². The SMILES string of the molecule is Cc1nn(C)c(N2CCN(C)CC2)c1CNCC(C)C. The second-order valence-electron chi connectivity index (χ2n) is 6.33. The predicted molar refractivity (Wildman–Crippen MR) is 84.2 cm³/mol. The van der Waals surface area contributed by atoms with Crippen molar-refractivity contribution in [2.24, 2.45) is 13.0 Å². The van der Waals surface area contributed by atoms with Gasteiger partial charge in [-0.2, -0.15) is 5.10 Å². The maximum atomic E-state index is 4.62. The Labute approximate surface area is 122 Å². The van der Waals surface area contributed by atoms with Gasteiger partial charge in [-0.05, 0) is 26.4 Å². The van der Waals surface area contributed by atoms with Gasteiger partial charge in [0, 0.05) is 45.3 Å². The first kappa shape index (κ1) is 15.3. The number of nitrogens with zero attached hydrogens (tertiary/aromatic N) is 4. The third-order valence-electron chi connectivity index (χ3n) is 3.97. The molecule has 20 heavy (non-hydrogen) atoms. The number of hydrogen-bond acceptors (Lipinski definition) is 4. The Balaban J connectivity index is 2.10. The first-order chi connectivity index (χ1) is 9.49. The van der Waals surface area contributed by atoms with Gasteiger partial charge in [-0.3, -0.25) is 4.68 Å². The molecule has 0 aromatic carbocycles. The highest BCUT2D eigenvalue weighted by Crippen LogP contribution is 2.24. The third-order valence-corrected chi connectivity index (χ3v) is 3.97. The maximum absolute atomic E-state index is 4.62. The monoisotopic (exact) mass is 279 g/mol. The molecule has 1 saturated heterocycles. The highest BCUT2D eigenvalue weighted by Gasteiger charge is 2.22. The van der Waals surface area contributed by atoms with Crippen LogP contribution >= 0.6 is 0 Å². The van der Waals surface area contributed by atoms with Crippen LogP contribution < -0.4 is 10.2 Å². The fourth-order valence-electron chi connectivity index (χ4n) is 2.80. The van der Waals surface area contributed by atoms with E-state index in [1.54, 1.807) is 0 Å². The number of rotatable bonds is 5. The molecule has 5 nitrogen and oxygen atoms in total. The predicted octanol–water partition coefficient (Wildman–Crippen LogP) is 1.23. The van der Waals surface area contributed by atoms with E-state index in [4.69, 9.17) is 0 Å². The minimum absolute atomic E-state index is 0.680. The molecule has 1 aromatic rings. The topological polar surface area (TPSA) is 36.3 Å². The van der Waals surface area contributed by atoms with Gasteiger partial charge < -0.3 is 15.1 Å². The van der Waals surface area contributed by atoms with E-state index in [2.05, 4.69) is 55.1 Å². The molecule has 1 N–H and O–H groups in total. The normalized spacial score (nSPS) is 17.2. The van der Waals surface area contributed by atoms with Crippen molar-refractivity contribution in [1.82, 2.24) is 20.0 Å². The summed E-state index contributed by atoms with van der Waals surface area (Å²) < 4.78 is 2.05. The first-order valence-corrected chi connectivity index (χ1v) is 7.65. The average Bonchev–Trinajstić information content (AvgIpc) is 2.65. The van der Waals surface area contributed by atoms with Gasteiger partial charge in [0.2, 0.25) is 0 Å². The molecule has 0 amide bonds. The molecule has 2 rings (SSSR count). The van der Waals surface area contributed by atoms with Crippen LogP contribution in [0.2, 0.25) is 0 Å². The number of piperazine rings is 1. The standard InChI is InChI=1S/C15H29N5/c1-12(2)10-16-11-14-13(3)17-19(5)15(14)20-8-6-18(4)7-9-20/h12,16H,6-11H2,1-5H3. The summed E-state index contributed by atoms with van der Waals surface area (Å²) >= 11 is 0. The fourth-order valence-corrected chi connectivity index (χ4v) is 2.80. The van der Waals surface area contributed by atoms with Gasteiger partial charge in [0.05, 0.1) is 5.69 Å². The number of aryl methyl sites for hydroxylation is 2. The summed E-state index contributed by atoms with van der Waals surface area (Å²) in [6.07, 6.45) is 0. The zero-order valence-corrected chi connectivity index (χ0v) is 13.6. The molecule has 0 aliphatic carbocycles. The molecule has 0 spiro atoms. The van der Waals surface area contributed by atoms with Crippen molar-refractivity contribution >= 4 is 5.82 Å². The van der Waals surface area contributed by atoms with Crippen LogP contribution in [0.15, 0.2) is 0 Å². The molecule has 0 radical (unpaired) electrons. The van der Waals surface area contributed by atoms with Crippen LogP contribution in [-0.2, 0) is 13.6 Å². The van der Waals surface area contributed by atoms with Crippen molar-refractivity contribution in [2.75, 3.05) is 44.7 Å². The summed E-state index contributed by atoms with van der Waals surface area (Å²) in [5.74, 6) is 1.98. The Morgan fingerprint density at radius 1 is 1.15 bits per heavy atom. The average molecular weight is 279 g/mol. The fraction of sp³-hybridized carbons (Fsp3) is 0.800. The summed E-state index contributed by atoms with van der Waals surface area (Å²) in [7, 11) is 4.25. The minimum atomic E-state index is 0.680. The highest BCUT2D eigenvalue weighted by atomic mass is 15.4. The Morgan fingerprint density at radius 3 is 2.40 bits per heavy atom. The van der Waals surface area contributed by atoms with Gasteiger partial charge in [0.15, 0.2) is 0 Å². The van der Waals surface area contributed by atoms with E-state index < -0.39 is 0 Å². The molecule has 0 unspecified atom stereocenters. The van der Waals surface area contributed by atoms with E-state index in [-0.39, 0.29) is 0 Å². The second-order valence-corrected chi connectivity index (χ2v) is 6.33. The van der Waals surface area contributed by atoms with Crippen LogP contribution in [0.1, 0.15) is 25.1 Å². The quantitative estimate of drug-likeness (QED) is 0.879. The Morgan fingerprint density at radius 2 is 1.80 bits per heavy atom. The molecule has 1 aromatic heterocycles. The van der Waals surface area contributed by atoms with Crippen molar-refractivity contribution in [3.63, 3.8) is 0 Å². The lowest BCUT2D eigenvalue weighted by Gasteiger charge is -2.34. The van der Waals surface area contributed by atoms with Crippen molar-refractivity contribution < 1.29 is 0 Å². The van der Waals surface area contributed by atoms with Crippen LogP contribution in [0, 0.1) is 12.8 Å². The molecule has 1 aliphatic rings. The number of aromatic nitrogens is 2. The summed E-state index contributed by atoms with van der Waals surface area (Å²) in [6.45, 7) is 13.0. The van der Waals surface area contributed by atoms with Gasteiger partial charge in [0.25, 0.3) is 0 Å². The highest BCUT2D eigenvalue weighted by molar-refractivity contribution is 5.50. The molecule has 0 bridgehead atoms. The Kier molecular flexibility index (Phi) is 5.05. The van der Waals surface area contributed by atoms with Crippen LogP contribution in [-0.4, -0.2) is 54.5 Å². The zero-order valence-electron chi connectivity index (χ0n) is 13.6. The number of likely N-dealkylation sites (N-methyl/N-ethyl adjacent to an activating group) is 1. The van der Waals surface area contributed by atoms with Gasteiger partial charge in [-0.15, -0.1) is 0 Å². The van der Waals surface area contributed by atoms with Crippen LogP contribution in [0.25, 0.3) is 0 Å². The van der Waals surface area contributed by atoms with Gasteiger partial charge in [-0.25, -0.2) is 0 Å². The van der Waals surface area contributed by atoms with Gasteiger partial charge in [-0.1, -0.05) is 13.8 Å². The van der Waals surface area contributed by atoms with Crippen molar-refractivity contribution in [3.8, 4) is 0 Å². The lowest BCUT2D eigenvalue weighted by atomic mass is 10.2. The number of hydrogen-bond donors (Lipinski definition) is 1. The molecule has 1 aliphatic heterocycles. The lowest BCUT2D eigenvalue weighted by molar-refractivity contribution is 0.310. The molecule has 1 fully saturated rings. The summed E-state index contributed by atoms with van der Waals surface area (Å²) in [4.78, 5) is 4.86. The van der Waals surface area contributed by atoms with Crippen LogP contribution in [0.3, 0.4) is 0 Å². The van der Waals surface area contributed by atoms with Crippen LogP contribution in [0.5, 0.6) is 0 Å². The largest absolute Gasteiger partial charge is 0.354 e. The third kappa shape index (κ3) is 3.52. The minimum Gasteiger partial charge on any atom is -0.354 e. The molecule has 0 atom stereocenters. The summed E-state index contributed by atoms with van der Waals surface area (Å²) in [6, 6.07) is 0. The molecular weight excluding hydrogens is 250 g/mol. The Bertz CT molecular complexity index is 430. The number of anilines is 1. The molecule has 2 heterocycles. The summed E-state index contributed by atoms with van der Waals surface area (Å²) in [5, 5.41) is 8.18. The zero-order chi connectivity index (χ0) is 14.7. The second kappa shape index (κ2) is 6.59. The van der Waals surface area contributed by atoms with Crippen molar-refractivity contribution in [3.05, 3.63) is 11.3 Å². The molecule has 114 valence electrons. The maximum Gasteiger partial charge on any atom is 0.131 e. The van der Waals surface area contributed by atoms with Crippen molar-refractivity contribution in [2.45, 2.75) is 27.3 Å². The first-order valence-electron chi connectivity index (χ1n) is 7.65. The van der Waals surface area contributed by atoms with Crippen molar-refractivity contribution in [1.29, 1.82) is 0 Å². The van der Waals surface area contributed by atoms with E-state index in [1.165, 1.54) is 11.4 Å². The van der Waals surface area contributed by atoms with Crippen LogP contribution in [0.4, 0.5) is 5.82 Å². The lowest BCUT2D eigenvalue weighted by Crippen LogP contribution is -2.45. The van der Waals surface area contributed by atoms with E-state index in [0.717, 1.165) is 45.0 Å². The van der Waals surface area contributed by atoms with E-state index in [9.17, 15) is 0 Å². The molecule has 0 saturated carbocycles. The molecule has 5 heteroatoms. The van der Waals surface area contributed by atoms with E-state index in [1.807, 2.05) is 4.68 Å². The van der Waals surface area contributed by atoms with Gasteiger partial charge in [0.1, 0.15) is 5.82 Å². The van der Waals surface area contributed by atoms with Gasteiger partial charge >= 0.3 is 0 Å². The Hall–Kier alpha value is -1.07. The smallest absolute Gasteiger partial charge is 0.131 e. The molecular formula is C15H29N5. The number of nitrogens with one attached hydrogen (secondary N) is 1. The van der Waals surface area contributed by atoms with E-state index >= 15 is 0 Å². The summed E-state index contributed by atoms with van der Waals surface area (Å²) in [5.41, 5.74) is 2.51.